The Morgan fingerprint density at radius 2 is 1.79 bits per heavy atom. The first kappa shape index (κ1) is 22.2. The van der Waals surface area contributed by atoms with Gasteiger partial charge < -0.3 is 20.2 Å². The topological polar surface area (TPSA) is 83.8 Å². The Hall–Kier alpha value is -4.00. The number of rotatable bonds is 9. The largest absolute Gasteiger partial charge is 0.502 e. The van der Waals surface area contributed by atoms with E-state index in [-0.39, 0.29) is 11.6 Å². The van der Waals surface area contributed by atoms with Gasteiger partial charge in [0.25, 0.3) is 5.91 Å². The van der Waals surface area contributed by atoms with Crippen LogP contribution in [0, 0.1) is 0 Å². The molecule has 1 aromatic heterocycles. The van der Waals surface area contributed by atoms with E-state index >= 15 is 0 Å². The van der Waals surface area contributed by atoms with Crippen molar-refractivity contribution in [2.75, 3.05) is 25.2 Å². The van der Waals surface area contributed by atoms with Gasteiger partial charge in [-0.25, -0.2) is 0 Å². The first-order valence-electron chi connectivity index (χ1n) is 11.0. The average Bonchev–Trinajstić information content (AvgIpc) is 2.83. The fourth-order valence-electron chi connectivity index (χ4n) is 3.76. The molecule has 4 rings (SSSR count). The third-order valence-corrected chi connectivity index (χ3v) is 5.51. The van der Waals surface area contributed by atoms with Gasteiger partial charge in [0.1, 0.15) is 19.0 Å². The highest BCUT2D eigenvalue weighted by Crippen LogP contribution is 2.21. The zero-order valence-corrected chi connectivity index (χ0v) is 18.3. The monoisotopic (exact) mass is 445 g/mol. The maximum Gasteiger partial charge on any atom is 0.277 e. The maximum absolute atomic E-state index is 12.6. The molecule has 0 saturated carbocycles. The number of carbonyl (C=O) groups excluding carboxylic acids is 1. The van der Waals surface area contributed by atoms with Crippen molar-refractivity contribution < 1.29 is 14.6 Å². The van der Waals surface area contributed by atoms with Crippen molar-refractivity contribution in [3.05, 3.63) is 106 Å². The van der Waals surface area contributed by atoms with Crippen LogP contribution >= 0.6 is 0 Å². The van der Waals surface area contributed by atoms with E-state index in [1.54, 1.807) is 4.90 Å². The van der Waals surface area contributed by atoms with Crippen LogP contribution in [-0.4, -0.2) is 40.4 Å². The highest BCUT2D eigenvalue weighted by atomic mass is 16.5. The molecule has 33 heavy (non-hydrogen) atoms. The summed E-state index contributed by atoms with van der Waals surface area (Å²) in [6.45, 7) is 1.30. The van der Waals surface area contributed by atoms with Crippen LogP contribution in [0.15, 0.2) is 83.8 Å². The molecule has 2 heterocycles. The summed E-state index contributed by atoms with van der Waals surface area (Å²) in [4.78, 5) is 25.8. The van der Waals surface area contributed by atoms with Crippen molar-refractivity contribution in [3.8, 4) is 11.5 Å². The molecular weight excluding hydrogens is 418 g/mol. The van der Waals surface area contributed by atoms with Gasteiger partial charge in [0.2, 0.25) is 5.43 Å². The Kier molecular flexibility index (Phi) is 7.09. The molecule has 7 heteroatoms. The molecule has 1 aliphatic heterocycles. The van der Waals surface area contributed by atoms with Gasteiger partial charge in [-0.2, -0.15) is 0 Å². The minimum absolute atomic E-state index is 0.0214. The van der Waals surface area contributed by atoms with E-state index < -0.39 is 11.2 Å². The van der Waals surface area contributed by atoms with E-state index in [0.29, 0.717) is 19.8 Å². The fraction of sp³-hybridized carbons (Fsp3) is 0.231. The number of pyridine rings is 1. The Morgan fingerprint density at radius 3 is 2.64 bits per heavy atom. The van der Waals surface area contributed by atoms with Gasteiger partial charge in [-0.1, -0.05) is 60.7 Å². The van der Waals surface area contributed by atoms with E-state index in [1.807, 2.05) is 48.6 Å². The van der Waals surface area contributed by atoms with Crippen LogP contribution in [0.25, 0.3) is 0 Å². The fourth-order valence-corrected chi connectivity index (χ4v) is 3.76. The van der Waals surface area contributed by atoms with E-state index in [0.717, 1.165) is 30.6 Å². The molecule has 1 aliphatic rings. The Labute approximate surface area is 192 Å². The normalized spacial score (nSPS) is 13.1. The lowest BCUT2D eigenvalue weighted by Gasteiger charge is -2.31. The standard InChI is InChI=1S/C26H27N3O4/c30-22-14-16-29-24(25(22)31)26(32)28(19-27-29)15-8-1-2-9-17-33-23-13-7-6-12-21(23)18-20-10-4-3-5-11-20/h2-7,9-14,16,27,31H,1,8,15,17-19H2/b9-2-. The second-order valence-electron chi connectivity index (χ2n) is 7.83. The molecule has 2 aromatic carbocycles. The Balaban J connectivity index is 1.23. The Morgan fingerprint density at radius 1 is 1.00 bits per heavy atom. The number of hydrogen-bond acceptors (Lipinski definition) is 5. The number of allylic oxidation sites excluding steroid dienone is 1. The molecule has 0 bridgehead atoms. The molecule has 0 unspecified atom stereocenters. The second kappa shape index (κ2) is 10.5. The van der Waals surface area contributed by atoms with Crippen molar-refractivity contribution in [1.82, 2.24) is 9.58 Å². The molecule has 0 spiro atoms. The number of aromatic nitrogens is 1. The van der Waals surface area contributed by atoms with E-state index in [9.17, 15) is 14.7 Å². The lowest BCUT2D eigenvalue weighted by atomic mass is 10.0. The van der Waals surface area contributed by atoms with E-state index in [1.165, 1.54) is 22.5 Å². The van der Waals surface area contributed by atoms with Gasteiger partial charge in [-0.15, -0.1) is 0 Å². The summed E-state index contributed by atoms with van der Waals surface area (Å²) in [5.74, 6) is 0.000262. The average molecular weight is 446 g/mol. The predicted octanol–water partition coefficient (Wildman–Crippen LogP) is 3.52. The Bertz CT molecular complexity index is 1190. The van der Waals surface area contributed by atoms with Crippen molar-refractivity contribution in [2.45, 2.75) is 19.3 Å². The molecule has 3 aromatic rings. The number of aromatic hydroxyl groups is 1. The smallest absolute Gasteiger partial charge is 0.277 e. The number of nitrogens with one attached hydrogen (secondary N) is 1. The van der Waals surface area contributed by atoms with Gasteiger partial charge in [-0.3, -0.25) is 14.3 Å². The minimum Gasteiger partial charge on any atom is -0.502 e. The summed E-state index contributed by atoms with van der Waals surface area (Å²) in [5.41, 5.74) is 4.80. The molecule has 1 amide bonds. The van der Waals surface area contributed by atoms with Gasteiger partial charge in [0, 0.05) is 25.2 Å². The summed E-state index contributed by atoms with van der Waals surface area (Å²) < 4.78 is 7.36. The zero-order chi connectivity index (χ0) is 23.0. The third kappa shape index (κ3) is 5.44. The molecule has 0 radical (unpaired) electrons. The predicted molar refractivity (Wildman–Crippen MR) is 127 cm³/mol. The number of carbonyl (C=O) groups is 1. The number of amides is 1. The zero-order valence-electron chi connectivity index (χ0n) is 18.3. The summed E-state index contributed by atoms with van der Waals surface area (Å²) >= 11 is 0. The first-order chi connectivity index (χ1) is 16.1. The van der Waals surface area contributed by atoms with Gasteiger partial charge in [-0.05, 0) is 30.0 Å². The number of benzene rings is 2. The van der Waals surface area contributed by atoms with Crippen LogP contribution in [-0.2, 0) is 6.42 Å². The number of ether oxygens (including phenoxy) is 1. The van der Waals surface area contributed by atoms with Crippen LogP contribution in [0.3, 0.4) is 0 Å². The summed E-state index contributed by atoms with van der Waals surface area (Å²) in [7, 11) is 0. The quantitative estimate of drug-likeness (QED) is 0.389. The lowest BCUT2D eigenvalue weighted by Crippen LogP contribution is -2.46. The summed E-state index contributed by atoms with van der Waals surface area (Å²) in [6, 6.07) is 19.6. The number of nitrogens with zero attached hydrogens (tertiary/aromatic N) is 2. The van der Waals surface area contributed by atoms with E-state index in [4.69, 9.17) is 4.74 Å². The molecule has 0 fully saturated rings. The van der Waals surface area contributed by atoms with Gasteiger partial charge in [0.05, 0.1) is 0 Å². The SMILES string of the molecule is O=C1c2c(O)c(=O)ccn2NCN1CCC/C=C\COc1ccccc1Cc1ccccc1. The molecule has 0 saturated heterocycles. The number of para-hydroxylation sites is 1. The van der Waals surface area contributed by atoms with Gasteiger partial charge in [0.15, 0.2) is 11.4 Å². The van der Waals surface area contributed by atoms with Crippen molar-refractivity contribution in [3.63, 3.8) is 0 Å². The molecule has 7 nitrogen and oxygen atoms in total. The highest BCUT2D eigenvalue weighted by Gasteiger charge is 2.27. The van der Waals surface area contributed by atoms with Crippen LogP contribution in [0.4, 0.5) is 0 Å². The van der Waals surface area contributed by atoms with Gasteiger partial charge >= 0.3 is 0 Å². The molecule has 0 atom stereocenters. The van der Waals surface area contributed by atoms with Crippen LogP contribution < -0.4 is 15.6 Å². The summed E-state index contributed by atoms with van der Waals surface area (Å²) in [6.07, 6.45) is 7.84. The first-order valence-corrected chi connectivity index (χ1v) is 11.0. The van der Waals surface area contributed by atoms with Crippen LogP contribution in [0.2, 0.25) is 0 Å². The van der Waals surface area contributed by atoms with Crippen molar-refractivity contribution >= 4 is 5.91 Å². The number of fused-ring (bicyclic) bond motifs is 1. The molecule has 0 aliphatic carbocycles. The van der Waals surface area contributed by atoms with Crippen LogP contribution in [0.1, 0.15) is 34.5 Å². The molecule has 170 valence electrons. The van der Waals surface area contributed by atoms with Crippen LogP contribution in [0.5, 0.6) is 11.5 Å². The summed E-state index contributed by atoms with van der Waals surface area (Å²) in [5, 5.41) is 9.95. The highest BCUT2D eigenvalue weighted by molar-refractivity contribution is 5.96. The number of hydrogen-bond donors (Lipinski definition) is 2. The van der Waals surface area contributed by atoms with Crippen molar-refractivity contribution in [1.29, 1.82) is 0 Å². The molecular formula is C26H27N3O4. The van der Waals surface area contributed by atoms with E-state index in [2.05, 4.69) is 23.6 Å². The third-order valence-electron chi connectivity index (χ3n) is 5.51. The minimum atomic E-state index is -0.563. The maximum atomic E-state index is 12.6. The second-order valence-corrected chi connectivity index (χ2v) is 7.83. The number of unbranched alkanes of at least 4 members (excludes halogenated alkanes) is 1. The lowest BCUT2D eigenvalue weighted by molar-refractivity contribution is 0.0721. The van der Waals surface area contributed by atoms with Crippen molar-refractivity contribution in [2.24, 2.45) is 0 Å². The molecule has 2 N–H and O–H groups in total.